The molecular formula is C17H30O3. The van der Waals surface area contributed by atoms with E-state index in [0.29, 0.717) is 13.0 Å². The zero-order valence-electron chi connectivity index (χ0n) is 13.7. The van der Waals surface area contributed by atoms with Crippen LogP contribution in [0.25, 0.3) is 0 Å². The molecule has 0 aromatic rings. The first kappa shape index (κ1) is 16.0. The Morgan fingerprint density at radius 2 is 2.05 bits per heavy atom. The van der Waals surface area contributed by atoms with Crippen LogP contribution in [0.5, 0.6) is 0 Å². The molecule has 1 heterocycles. The summed E-state index contributed by atoms with van der Waals surface area (Å²) in [6, 6.07) is 0. The van der Waals surface area contributed by atoms with E-state index in [2.05, 4.69) is 20.8 Å². The molecule has 3 heteroatoms. The molecule has 0 aromatic heterocycles. The maximum Gasteiger partial charge on any atom is 0.189 e. The van der Waals surface area contributed by atoms with Gasteiger partial charge in [-0.05, 0) is 31.9 Å². The number of hydrogen-bond acceptors (Lipinski definition) is 3. The van der Waals surface area contributed by atoms with E-state index in [1.165, 1.54) is 12.8 Å². The molecule has 3 nitrogen and oxygen atoms in total. The summed E-state index contributed by atoms with van der Waals surface area (Å²) in [5.41, 5.74) is 0.00856. The summed E-state index contributed by atoms with van der Waals surface area (Å²) < 4.78 is 11.9. The molecule has 116 valence electrons. The van der Waals surface area contributed by atoms with Crippen molar-refractivity contribution in [2.24, 2.45) is 5.41 Å². The first-order valence-electron chi connectivity index (χ1n) is 7.99. The molecule has 3 unspecified atom stereocenters. The average Bonchev–Trinajstić information content (AvgIpc) is 2.67. The zero-order valence-corrected chi connectivity index (χ0v) is 13.7. The predicted octanol–water partition coefficient (Wildman–Crippen LogP) is 3.81. The quantitative estimate of drug-likeness (QED) is 0.629. The van der Waals surface area contributed by atoms with Crippen LogP contribution >= 0.6 is 0 Å². The van der Waals surface area contributed by atoms with Crippen LogP contribution in [0.3, 0.4) is 0 Å². The third kappa shape index (κ3) is 2.68. The second kappa shape index (κ2) is 5.43. The highest BCUT2D eigenvalue weighted by atomic mass is 16.7. The fourth-order valence-corrected chi connectivity index (χ4v) is 3.80. The number of unbranched alkanes of at least 4 members (excludes halogenated alkanes) is 2. The topological polar surface area (TPSA) is 38.7 Å². The third-order valence-electron chi connectivity index (χ3n) is 5.00. The molecular weight excluding hydrogens is 252 g/mol. The molecule has 0 bridgehead atoms. The van der Waals surface area contributed by atoms with Crippen molar-refractivity contribution in [1.82, 2.24) is 0 Å². The van der Waals surface area contributed by atoms with Crippen LogP contribution < -0.4 is 0 Å². The van der Waals surface area contributed by atoms with Crippen molar-refractivity contribution in [2.75, 3.05) is 6.61 Å². The average molecular weight is 282 g/mol. The van der Waals surface area contributed by atoms with Gasteiger partial charge in [0.25, 0.3) is 0 Å². The fraction of sp³-hybridized carbons (Fsp3) is 0.882. The van der Waals surface area contributed by atoms with Crippen LogP contribution in [0.2, 0.25) is 0 Å². The van der Waals surface area contributed by atoms with Gasteiger partial charge in [0.15, 0.2) is 5.79 Å². The maximum absolute atomic E-state index is 11.2. The molecule has 1 N–H and O–H groups in total. The van der Waals surface area contributed by atoms with E-state index in [1.54, 1.807) is 0 Å². The van der Waals surface area contributed by atoms with Crippen LogP contribution in [0.4, 0.5) is 0 Å². The van der Waals surface area contributed by atoms with Crippen LogP contribution in [0.1, 0.15) is 66.7 Å². The standard InChI is InChI=1S/C17H30O3/c1-6-7-8-9-17(18)13(2)10-16(12-15(17,4)5)19-11-14(3)20-16/h10,14,18H,6-9,11-12H2,1-5H3. The Labute approximate surface area is 123 Å². The summed E-state index contributed by atoms with van der Waals surface area (Å²) in [5.74, 6) is -0.621. The highest BCUT2D eigenvalue weighted by molar-refractivity contribution is 5.28. The van der Waals surface area contributed by atoms with Gasteiger partial charge in [0.2, 0.25) is 0 Å². The van der Waals surface area contributed by atoms with Crippen molar-refractivity contribution in [3.8, 4) is 0 Å². The van der Waals surface area contributed by atoms with Crippen LogP contribution in [-0.2, 0) is 9.47 Å². The fourth-order valence-electron chi connectivity index (χ4n) is 3.80. The van der Waals surface area contributed by atoms with E-state index in [9.17, 15) is 5.11 Å². The lowest BCUT2D eigenvalue weighted by Crippen LogP contribution is -2.54. The Balaban J connectivity index is 2.24. The number of aliphatic hydroxyl groups is 1. The second-order valence-corrected chi connectivity index (χ2v) is 7.26. The zero-order chi connectivity index (χ0) is 15.0. The van der Waals surface area contributed by atoms with Crippen molar-refractivity contribution in [3.05, 3.63) is 11.6 Å². The molecule has 1 fully saturated rings. The molecule has 20 heavy (non-hydrogen) atoms. The lowest BCUT2D eigenvalue weighted by molar-refractivity contribution is -0.188. The van der Waals surface area contributed by atoms with Crippen molar-refractivity contribution in [2.45, 2.75) is 84.2 Å². The highest BCUT2D eigenvalue weighted by Crippen LogP contribution is 2.52. The monoisotopic (exact) mass is 282 g/mol. The van der Waals surface area contributed by atoms with Gasteiger partial charge in [0, 0.05) is 11.8 Å². The summed E-state index contributed by atoms with van der Waals surface area (Å²) >= 11 is 0. The third-order valence-corrected chi connectivity index (χ3v) is 5.00. The number of ether oxygens (including phenoxy) is 2. The molecule has 2 aliphatic rings. The Morgan fingerprint density at radius 3 is 2.55 bits per heavy atom. The molecule has 1 spiro atoms. The smallest absolute Gasteiger partial charge is 0.189 e. The van der Waals surface area contributed by atoms with Gasteiger partial charge in [0.05, 0.1) is 18.3 Å². The minimum absolute atomic E-state index is 0.126. The summed E-state index contributed by atoms with van der Waals surface area (Å²) in [4.78, 5) is 0. The molecule has 0 amide bonds. The molecule has 0 aromatic carbocycles. The Bertz CT molecular complexity index is 388. The van der Waals surface area contributed by atoms with E-state index in [0.717, 1.165) is 18.4 Å². The molecule has 1 aliphatic carbocycles. The van der Waals surface area contributed by atoms with Crippen molar-refractivity contribution in [3.63, 3.8) is 0 Å². The minimum atomic E-state index is -0.744. The molecule has 0 radical (unpaired) electrons. The van der Waals surface area contributed by atoms with Crippen LogP contribution in [-0.4, -0.2) is 29.2 Å². The van der Waals surface area contributed by atoms with E-state index >= 15 is 0 Å². The first-order chi connectivity index (χ1) is 9.25. The van der Waals surface area contributed by atoms with Gasteiger partial charge < -0.3 is 14.6 Å². The van der Waals surface area contributed by atoms with Gasteiger partial charge in [-0.3, -0.25) is 0 Å². The lowest BCUT2D eigenvalue weighted by atomic mass is 9.61. The normalized spacial score (nSPS) is 40.1. The largest absolute Gasteiger partial charge is 0.385 e. The van der Waals surface area contributed by atoms with Gasteiger partial charge in [-0.15, -0.1) is 0 Å². The number of rotatable bonds is 4. The Morgan fingerprint density at radius 1 is 1.35 bits per heavy atom. The minimum Gasteiger partial charge on any atom is -0.385 e. The number of hydrogen-bond donors (Lipinski definition) is 1. The Hall–Kier alpha value is -0.380. The van der Waals surface area contributed by atoms with Gasteiger partial charge in [-0.25, -0.2) is 0 Å². The van der Waals surface area contributed by atoms with E-state index in [1.807, 2.05) is 19.9 Å². The molecule has 3 atom stereocenters. The molecule has 1 aliphatic heterocycles. The first-order valence-corrected chi connectivity index (χ1v) is 7.99. The van der Waals surface area contributed by atoms with Crippen molar-refractivity contribution < 1.29 is 14.6 Å². The van der Waals surface area contributed by atoms with E-state index in [4.69, 9.17) is 9.47 Å². The van der Waals surface area contributed by atoms with Crippen molar-refractivity contribution in [1.29, 1.82) is 0 Å². The summed E-state index contributed by atoms with van der Waals surface area (Å²) in [5, 5.41) is 11.2. The summed E-state index contributed by atoms with van der Waals surface area (Å²) in [6.45, 7) is 11.1. The maximum atomic E-state index is 11.2. The van der Waals surface area contributed by atoms with Crippen LogP contribution in [0, 0.1) is 5.41 Å². The van der Waals surface area contributed by atoms with Crippen molar-refractivity contribution >= 4 is 0 Å². The van der Waals surface area contributed by atoms with E-state index in [-0.39, 0.29) is 11.5 Å². The Kier molecular flexibility index (Phi) is 4.35. The van der Waals surface area contributed by atoms with Gasteiger partial charge in [0.1, 0.15) is 0 Å². The SMILES string of the molecule is CCCCCC1(O)C(C)=CC2(CC1(C)C)OCC(C)O2. The molecule has 2 rings (SSSR count). The van der Waals surface area contributed by atoms with Gasteiger partial charge >= 0.3 is 0 Å². The van der Waals surface area contributed by atoms with Gasteiger partial charge in [-0.1, -0.05) is 40.0 Å². The summed E-state index contributed by atoms with van der Waals surface area (Å²) in [7, 11) is 0. The lowest BCUT2D eigenvalue weighted by Gasteiger charge is -2.51. The van der Waals surface area contributed by atoms with Gasteiger partial charge in [-0.2, -0.15) is 0 Å². The van der Waals surface area contributed by atoms with Crippen LogP contribution in [0.15, 0.2) is 11.6 Å². The summed E-state index contributed by atoms with van der Waals surface area (Å²) in [6.07, 6.45) is 7.08. The predicted molar refractivity (Wildman–Crippen MR) is 80.5 cm³/mol. The molecule has 0 saturated carbocycles. The highest BCUT2D eigenvalue weighted by Gasteiger charge is 2.55. The second-order valence-electron chi connectivity index (χ2n) is 7.26. The molecule has 1 saturated heterocycles. The van der Waals surface area contributed by atoms with E-state index < -0.39 is 11.4 Å².